The van der Waals surface area contributed by atoms with Crippen LogP contribution >= 0.6 is 0 Å². The maximum Gasteiger partial charge on any atom is 0.269 e. The van der Waals surface area contributed by atoms with Gasteiger partial charge >= 0.3 is 0 Å². The van der Waals surface area contributed by atoms with Gasteiger partial charge < -0.3 is 0 Å². The second-order valence-electron chi connectivity index (χ2n) is 4.08. The van der Waals surface area contributed by atoms with Crippen LogP contribution < -0.4 is 5.14 Å². The van der Waals surface area contributed by atoms with Crippen molar-refractivity contribution in [1.82, 2.24) is 0 Å². The van der Waals surface area contributed by atoms with Gasteiger partial charge in [0.2, 0.25) is 0 Å². The first-order chi connectivity index (χ1) is 7.24. The van der Waals surface area contributed by atoms with Crippen LogP contribution in [0.15, 0.2) is 29.2 Å². The van der Waals surface area contributed by atoms with Crippen LogP contribution in [0, 0.1) is 10.1 Å². The van der Waals surface area contributed by atoms with E-state index in [2.05, 4.69) is 0 Å². The van der Waals surface area contributed by atoms with Crippen LogP contribution in [-0.4, -0.2) is 21.1 Å². The topological polar surface area (TPSA) is 86.2 Å². The molecule has 0 aliphatic heterocycles. The van der Waals surface area contributed by atoms with E-state index in [1.54, 1.807) is 0 Å². The summed E-state index contributed by atoms with van der Waals surface area (Å²) in [5, 5.41) is 16.4. The van der Waals surface area contributed by atoms with Crippen molar-refractivity contribution < 1.29 is 9.13 Å². The van der Waals surface area contributed by atoms with Gasteiger partial charge in [0.1, 0.15) is 0 Å². The molecule has 1 rings (SSSR count). The molecule has 0 heterocycles. The molecule has 0 aromatic heterocycles. The van der Waals surface area contributed by atoms with Crippen molar-refractivity contribution in [3.63, 3.8) is 0 Å². The summed E-state index contributed by atoms with van der Waals surface area (Å²) in [5.74, 6) is 0.384. The van der Waals surface area contributed by atoms with Gasteiger partial charge in [-0.2, -0.15) is 0 Å². The molecule has 0 saturated heterocycles. The Morgan fingerprint density at radius 1 is 1.38 bits per heavy atom. The molecule has 0 bridgehead atoms. The average Bonchev–Trinajstić information content (AvgIpc) is 2.17. The van der Waals surface area contributed by atoms with E-state index in [0.717, 1.165) is 0 Å². The van der Waals surface area contributed by atoms with E-state index >= 15 is 0 Å². The van der Waals surface area contributed by atoms with E-state index in [9.17, 15) is 14.3 Å². The largest absolute Gasteiger partial charge is 0.269 e. The van der Waals surface area contributed by atoms with Crippen LogP contribution in [-0.2, 0) is 9.25 Å². The first-order valence-electron chi connectivity index (χ1n) is 4.92. The predicted octanol–water partition coefficient (Wildman–Crippen LogP) is 1.69. The molecule has 0 atom stereocenters. The van der Waals surface area contributed by atoms with Crippen molar-refractivity contribution in [3.05, 3.63) is 34.4 Å². The minimum atomic E-state index is -3.32. The summed E-state index contributed by atoms with van der Waals surface area (Å²) in [5.41, 5.74) is -0.0247. The first kappa shape index (κ1) is 12.8. The number of nitrogens with two attached hydrogens (primary N) is 1. The van der Waals surface area contributed by atoms with Crippen molar-refractivity contribution in [2.75, 3.05) is 12.0 Å². The molecule has 6 heteroatoms. The molecule has 5 nitrogen and oxygen atoms in total. The zero-order valence-corrected chi connectivity index (χ0v) is 10.2. The summed E-state index contributed by atoms with van der Waals surface area (Å²) in [6, 6.07) is 5.61. The highest BCUT2D eigenvalue weighted by molar-refractivity contribution is 8.17. The monoisotopic (exact) mass is 244 g/mol. The minimum absolute atomic E-state index is 0.0247. The Kier molecular flexibility index (Phi) is 3.16. The lowest BCUT2D eigenvalue weighted by Crippen LogP contribution is -2.44. The Hall–Kier alpha value is -1.27. The fraction of sp³-hybridized carbons (Fsp3) is 0.400. The fourth-order valence-electron chi connectivity index (χ4n) is 1.56. The van der Waals surface area contributed by atoms with Gasteiger partial charge in [-0.25, -0.2) is 0 Å². The van der Waals surface area contributed by atoms with Crippen LogP contribution in [0.4, 0.5) is 5.69 Å². The minimum Gasteiger partial charge on any atom is -0.268 e. The van der Waals surface area contributed by atoms with E-state index in [-0.39, 0.29) is 5.69 Å². The number of benzene rings is 1. The second kappa shape index (κ2) is 3.95. The number of rotatable bonds is 4. The van der Waals surface area contributed by atoms with Crippen LogP contribution in [0.25, 0.3) is 0 Å². The fourth-order valence-corrected chi connectivity index (χ4v) is 3.68. The average molecular weight is 244 g/mol. The van der Waals surface area contributed by atoms with Gasteiger partial charge in [0.05, 0.1) is 4.92 Å². The number of nitro groups is 1. The number of hydrogen-bond donors (Lipinski definition) is 1. The highest BCUT2D eigenvalue weighted by Crippen LogP contribution is 2.28. The van der Waals surface area contributed by atoms with Crippen LogP contribution in [0.3, 0.4) is 0 Å². The Morgan fingerprint density at radius 2 is 1.88 bits per heavy atom. The lowest BCUT2D eigenvalue weighted by molar-refractivity contribution is -0.384. The molecule has 0 spiro atoms. The van der Waals surface area contributed by atoms with E-state index in [1.807, 2.05) is 6.92 Å². The van der Waals surface area contributed by atoms with Gasteiger partial charge in [0.25, 0.3) is 5.69 Å². The normalized spacial score (nSPS) is 14.1. The molecule has 0 amide bonds. The third-order valence-corrected chi connectivity index (χ3v) is 5.36. The van der Waals surface area contributed by atoms with Crippen LogP contribution in [0.5, 0.6) is 0 Å². The number of nitro benzene ring substituents is 1. The Morgan fingerprint density at radius 3 is 2.25 bits per heavy atom. The Balaban J connectivity index is 3.16. The second-order valence-corrected chi connectivity index (χ2v) is 8.20. The van der Waals surface area contributed by atoms with Crippen molar-refractivity contribution in [2.45, 2.75) is 18.2 Å². The van der Waals surface area contributed by atoms with E-state index in [0.29, 0.717) is 17.1 Å². The van der Waals surface area contributed by atoms with Crippen molar-refractivity contribution in [1.29, 1.82) is 0 Å². The zero-order chi connectivity index (χ0) is 12.4. The Labute approximate surface area is 94.3 Å². The van der Waals surface area contributed by atoms with Crippen molar-refractivity contribution >= 4 is 14.9 Å². The highest BCUT2D eigenvalue weighted by Gasteiger charge is 2.27. The third kappa shape index (κ3) is 2.65. The third-order valence-electron chi connectivity index (χ3n) is 2.39. The standard InChI is InChI=1S/C10H16N2O3S/c1-3-8-16(2,11,15)10-6-4-9(5-7-10)12(13)14/h4-7H,3,8H2,1-2H3,(H2,11,15). The van der Waals surface area contributed by atoms with E-state index in [1.165, 1.54) is 30.5 Å². The number of nitrogens with zero attached hydrogens (tertiary/aromatic N) is 1. The number of hydrogen-bond acceptors (Lipinski definition) is 3. The molecule has 16 heavy (non-hydrogen) atoms. The molecule has 0 aliphatic carbocycles. The van der Waals surface area contributed by atoms with Crippen LogP contribution in [0.1, 0.15) is 13.3 Å². The molecule has 0 radical (unpaired) electrons. The molecule has 90 valence electrons. The SMILES string of the molecule is CCCS(C)(N)(=O)c1ccc([N+](=O)[O-])cc1. The number of non-ortho nitro benzene ring substituents is 1. The quantitative estimate of drug-likeness (QED) is 0.645. The molecule has 2 N–H and O–H groups in total. The Bertz CT molecular complexity index is 461. The molecule has 0 fully saturated rings. The first-order valence-corrected chi connectivity index (χ1v) is 7.53. The van der Waals surface area contributed by atoms with Gasteiger partial charge in [-0.3, -0.25) is 19.5 Å². The van der Waals surface area contributed by atoms with E-state index in [4.69, 9.17) is 5.14 Å². The summed E-state index contributed by atoms with van der Waals surface area (Å²) in [6.45, 7) is 1.90. The smallest absolute Gasteiger partial charge is 0.268 e. The van der Waals surface area contributed by atoms with Gasteiger partial charge in [0, 0.05) is 29.0 Å². The van der Waals surface area contributed by atoms with Gasteiger partial charge in [-0.1, -0.05) is 6.92 Å². The summed E-state index contributed by atoms with van der Waals surface area (Å²) >= 11 is 0. The molecule has 0 unspecified atom stereocenters. The van der Waals surface area contributed by atoms with Crippen LogP contribution in [0.2, 0.25) is 0 Å². The summed E-state index contributed by atoms with van der Waals surface area (Å²) < 4.78 is 12.5. The summed E-state index contributed by atoms with van der Waals surface area (Å²) in [4.78, 5) is 10.5. The van der Waals surface area contributed by atoms with Crippen molar-refractivity contribution in [2.24, 2.45) is 5.14 Å². The molecule has 0 saturated carbocycles. The zero-order valence-electron chi connectivity index (χ0n) is 9.38. The maximum absolute atomic E-state index is 12.5. The van der Waals surface area contributed by atoms with Gasteiger partial charge in [-0.15, -0.1) is 0 Å². The molecular formula is C10H16N2O3S. The van der Waals surface area contributed by atoms with Gasteiger partial charge in [0.15, 0.2) is 0 Å². The molecule has 1 aromatic rings. The highest BCUT2D eigenvalue weighted by atomic mass is 32.3. The van der Waals surface area contributed by atoms with Gasteiger partial charge in [-0.05, 0) is 27.8 Å². The molecule has 0 aliphatic rings. The van der Waals surface area contributed by atoms with Crippen molar-refractivity contribution in [3.8, 4) is 0 Å². The summed E-state index contributed by atoms with van der Waals surface area (Å²) in [7, 11) is -3.32. The molecular weight excluding hydrogens is 228 g/mol. The molecule has 1 aromatic carbocycles. The lowest BCUT2D eigenvalue weighted by Gasteiger charge is -2.33. The summed E-state index contributed by atoms with van der Waals surface area (Å²) in [6.07, 6.45) is 2.22. The van der Waals surface area contributed by atoms with E-state index < -0.39 is 14.2 Å². The maximum atomic E-state index is 12.5. The lowest BCUT2D eigenvalue weighted by atomic mass is 10.3. The predicted molar refractivity (Wildman–Crippen MR) is 64.8 cm³/mol.